The molecule has 4 rings (SSSR count). The highest BCUT2D eigenvalue weighted by molar-refractivity contribution is 5.77. The lowest BCUT2D eigenvalue weighted by molar-refractivity contribution is 0.773. The first-order valence-corrected chi connectivity index (χ1v) is 7.15. The van der Waals surface area contributed by atoms with Crippen molar-refractivity contribution in [3.05, 3.63) is 60.2 Å². The summed E-state index contributed by atoms with van der Waals surface area (Å²) in [5, 5.41) is 0. The molecule has 20 heavy (non-hydrogen) atoms. The van der Waals surface area contributed by atoms with Gasteiger partial charge in [-0.05, 0) is 24.1 Å². The Morgan fingerprint density at radius 1 is 1.00 bits per heavy atom. The number of para-hydroxylation sites is 2. The monoisotopic (exact) mass is 263 g/mol. The second-order valence-electron chi connectivity index (χ2n) is 5.42. The summed E-state index contributed by atoms with van der Waals surface area (Å²) in [5.41, 5.74) is 3.60. The van der Waals surface area contributed by atoms with Crippen LogP contribution in [0.25, 0.3) is 11.0 Å². The summed E-state index contributed by atoms with van der Waals surface area (Å²) in [6.07, 6.45) is 1.20. The number of anilines is 1. The van der Waals surface area contributed by atoms with Crippen LogP contribution < -0.4 is 4.90 Å². The van der Waals surface area contributed by atoms with Crippen LogP contribution in [0.5, 0.6) is 0 Å². The Bertz CT molecular complexity index is 684. The maximum absolute atomic E-state index is 4.69. The number of nitrogens with zero attached hydrogens (tertiary/aromatic N) is 2. The van der Waals surface area contributed by atoms with Crippen LogP contribution in [0, 0.1) is 0 Å². The highest BCUT2D eigenvalue weighted by Crippen LogP contribution is 2.30. The Kier molecular flexibility index (Phi) is 2.69. The third kappa shape index (κ3) is 1.95. The van der Waals surface area contributed by atoms with Crippen molar-refractivity contribution in [2.75, 3.05) is 18.0 Å². The van der Waals surface area contributed by atoms with E-state index < -0.39 is 0 Å². The van der Waals surface area contributed by atoms with E-state index in [0.717, 1.165) is 30.1 Å². The fraction of sp³-hybridized carbons (Fsp3) is 0.235. The van der Waals surface area contributed by atoms with Gasteiger partial charge in [-0.15, -0.1) is 0 Å². The molecule has 3 heteroatoms. The minimum absolute atomic E-state index is 0.615. The maximum atomic E-state index is 4.69. The summed E-state index contributed by atoms with van der Waals surface area (Å²) in [7, 11) is 0. The van der Waals surface area contributed by atoms with Crippen LogP contribution in [0.2, 0.25) is 0 Å². The van der Waals surface area contributed by atoms with Gasteiger partial charge < -0.3 is 9.88 Å². The molecule has 0 spiro atoms. The molecule has 1 atom stereocenters. The van der Waals surface area contributed by atoms with E-state index in [1.165, 1.54) is 12.0 Å². The first-order chi connectivity index (χ1) is 9.90. The molecule has 2 aromatic carbocycles. The fourth-order valence-electron chi connectivity index (χ4n) is 3.04. The van der Waals surface area contributed by atoms with Gasteiger partial charge in [0.25, 0.3) is 0 Å². The minimum atomic E-state index is 0.615. The SMILES string of the molecule is c1ccc(C2CCN(c3nc4ccccc4[nH]3)C2)cc1. The zero-order valence-electron chi connectivity index (χ0n) is 11.3. The normalized spacial score (nSPS) is 18.8. The number of hydrogen-bond donors (Lipinski definition) is 1. The number of aromatic amines is 1. The molecule has 2 heterocycles. The predicted octanol–water partition coefficient (Wildman–Crippen LogP) is 3.56. The van der Waals surface area contributed by atoms with Gasteiger partial charge in [0.15, 0.2) is 0 Å². The molecule has 1 aliphatic heterocycles. The molecule has 1 aliphatic rings. The van der Waals surface area contributed by atoms with Crippen LogP contribution in [0.15, 0.2) is 54.6 Å². The Morgan fingerprint density at radius 2 is 1.80 bits per heavy atom. The highest BCUT2D eigenvalue weighted by atomic mass is 15.3. The molecule has 100 valence electrons. The molecule has 1 unspecified atom stereocenters. The second-order valence-corrected chi connectivity index (χ2v) is 5.42. The molecule has 0 radical (unpaired) electrons. The molecular formula is C17H17N3. The van der Waals surface area contributed by atoms with Crippen LogP contribution in [0.1, 0.15) is 17.9 Å². The van der Waals surface area contributed by atoms with Crippen LogP contribution in [-0.4, -0.2) is 23.1 Å². The van der Waals surface area contributed by atoms with Crippen LogP contribution in [0.3, 0.4) is 0 Å². The lowest BCUT2D eigenvalue weighted by Crippen LogP contribution is -2.20. The van der Waals surface area contributed by atoms with E-state index in [2.05, 4.69) is 52.3 Å². The van der Waals surface area contributed by atoms with Gasteiger partial charge in [-0.2, -0.15) is 0 Å². The van der Waals surface area contributed by atoms with Gasteiger partial charge in [0.05, 0.1) is 11.0 Å². The zero-order chi connectivity index (χ0) is 13.4. The number of nitrogens with one attached hydrogen (secondary N) is 1. The topological polar surface area (TPSA) is 31.9 Å². The van der Waals surface area contributed by atoms with Crippen molar-refractivity contribution in [3.63, 3.8) is 0 Å². The lowest BCUT2D eigenvalue weighted by atomic mass is 9.99. The fourth-order valence-corrected chi connectivity index (χ4v) is 3.04. The molecule has 1 N–H and O–H groups in total. The first-order valence-electron chi connectivity index (χ1n) is 7.15. The number of imidazole rings is 1. The van der Waals surface area contributed by atoms with Gasteiger partial charge in [-0.1, -0.05) is 42.5 Å². The predicted molar refractivity (Wildman–Crippen MR) is 82.1 cm³/mol. The quantitative estimate of drug-likeness (QED) is 0.766. The molecule has 1 fully saturated rings. The maximum Gasteiger partial charge on any atom is 0.203 e. The van der Waals surface area contributed by atoms with Crippen molar-refractivity contribution in [2.45, 2.75) is 12.3 Å². The Morgan fingerprint density at radius 3 is 2.65 bits per heavy atom. The largest absolute Gasteiger partial charge is 0.342 e. The highest BCUT2D eigenvalue weighted by Gasteiger charge is 2.25. The smallest absolute Gasteiger partial charge is 0.203 e. The van der Waals surface area contributed by atoms with E-state index in [1.54, 1.807) is 0 Å². The summed E-state index contributed by atoms with van der Waals surface area (Å²) in [5.74, 6) is 1.62. The number of rotatable bonds is 2. The number of aromatic nitrogens is 2. The lowest BCUT2D eigenvalue weighted by Gasteiger charge is -2.15. The Labute approximate surface area is 118 Å². The van der Waals surface area contributed by atoms with Gasteiger partial charge in [0, 0.05) is 19.0 Å². The van der Waals surface area contributed by atoms with Crippen LogP contribution >= 0.6 is 0 Å². The molecule has 3 nitrogen and oxygen atoms in total. The van der Waals surface area contributed by atoms with E-state index in [9.17, 15) is 0 Å². The van der Waals surface area contributed by atoms with Crippen molar-refractivity contribution in [3.8, 4) is 0 Å². The van der Waals surface area contributed by atoms with E-state index >= 15 is 0 Å². The Balaban J connectivity index is 1.59. The van der Waals surface area contributed by atoms with Crippen LogP contribution in [-0.2, 0) is 0 Å². The van der Waals surface area contributed by atoms with E-state index in [-0.39, 0.29) is 0 Å². The molecule has 0 amide bonds. The summed E-state index contributed by atoms with van der Waals surface area (Å²) in [6.45, 7) is 2.11. The number of H-pyrrole nitrogens is 1. The summed E-state index contributed by atoms with van der Waals surface area (Å²) < 4.78 is 0. The number of fused-ring (bicyclic) bond motifs is 1. The number of benzene rings is 2. The van der Waals surface area contributed by atoms with E-state index in [1.807, 2.05) is 12.1 Å². The van der Waals surface area contributed by atoms with Crippen molar-refractivity contribution in [1.82, 2.24) is 9.97 Å². The van der Waals surface area contributed by atoms with Gasteiger partial charge in [0.1, 0.15) is 0 Å². The van der Waals surface area contributed by atoms with E-state index in [0.29, 0.717) is 5.92 Å². The van der Waals surface area contributed by atoms with Crippen molar-refractivity contribution < 1.29 is 0 Å². The third-order valence-electron chi connectivity index (χ3n) is 4.14. The minimum Gasteiger partial charge on any atom is -0.342 e. The average molecular weight is 263 g/mol. The molecule has 3 aromatic rings. The van der Waals surface area contributed by atoms with E-state index in [4.69, 9.17) is 4.98 Å². The third-order valence-corrected chi connectivity index (χ3v) is 4.14. The molecular weight excluding hydrogens is 246 g/mol. The number of hydrogen-bond acceptors (Lipinski definition) is 2. The van der Waals surface area contributed by atoms with Crippen molar-refractivity contribution in [2.24, 2.45) is 0 Å². The second kappa shape index (κ2) is 4.67. The summed E-state index contributed by atoms with van der Waals surface area (Å²) in [4.78, 5) is 10.5. The van der Waals surface area contributed by atoms with Gasteiger partial charge in [-0.25, -0.2) is 4.98 Å². The molecule has 0 bridgehead atoms. The van der Waals surface area contributed by atoms with Crippen molar-refractivity contribution in [1.29, 1.82) is 0 Å². The standard InChI is InChI=1S/C17H17N3/c1-2-6-13(7-3-1)14-10-11-20(12-14)17-18-15-8-4-5-9-16(15)19-17/h1-9,14H,10-12H2,(H,18,19). The van der Waals surface area contributed by atoms with Gasteiger partial charge >= 0.3 is 0 Å². The summed E-state index contributed by atoms with van der Waals surface area (Å²) in [6, 6.07) is 19.0. The zero-order valence-corrected chi connectivity index (χ0v) is 11.3. The molecule has 1 aromatic heterocycles. The Hall–Kier alpha value is -2.29. The average Bonchev–Trinajstić information content (AvgIpc) is 3.14. The molecule has 0 aliphatic carbocycles. The molecule has 0 saturated carbocycles. The van der Waals surface area contributed by atoms with Gasteiger partial charge in [0.2, 0.25) is 5.95 Å². The summed E-state index contributed by atoms with van der Waals surface area (Å²) >= 11 is 0. The first kappa shape index (κ1) is 11.5. The van der Waals surface area contributed by atoms with Gasteiger partial charge in [-0.3, -0.25) is 0 Å². The van der Waals surface area contributed by atoms with Crippen molar-refractivity contribution >= 4 is 17.0 Å². The van der Waals surface area contributed by atoms with Crippen LogP contribution in [0.4, 0.5) is 5.95 Å². The molecule has 1 saturated heterocycles.